The van der Waals surface area contributed by atoms with E-state index in [1.165, 1.54) is 12.3 Å². The standard InChI is InChI=1S/C13H10BrN3O3/c14-11-3-1-2-9(17-11)12(18)16-7-8-4-5-10(13(19)20)15-6-8/h1-6H,7H2,(H,16,18)(H,19,20). The molecule has 0 saturated heterocycles. The van der Waals surface area contributed by atoms with Gasteiger partial charge in [0, 0.05) is 12.7 Å². The molecule has 20 heavy (non-hydrogen) atoms. The van der Waals surface area contributed by atoms with Crippen LogP contribution in [0.4, 0.5) is 0 Å². The first-order chi connectivity index (χ1) is 9.56. The van der Waals surface area contributed by atoms with Gasteiger partial charge in [0.1, 0.15) is 16.0 Å². The topological polar surface area (TPSA) is 92.2 Å². The maximum absolute atomic E-state index is 11.8. The van der Waals surface area contributed by atoms with Crippen molar-refractivity contribution in [3.8, 4) is 0 Å². The predicted molar refractivity (Wildman–Crippen MR) is 74.3 cm³/mol. The number of pyridine rings is 2. The zero-order valence-corrected chi connectivity index (χ0v) is 11.8. The molecule has 1 amide bonds. The average Bonchev–Trinajstić information content (AvgIpc) is 2.45. The molecule has 0 aliphatic carbocycles. The van der Waals surface area contributed by atoms with Crippen LogP contribution in [0.25, 0.3) is 0 Å². The third-order valence-electron chi connectivity index (χ3n) is 2.44. The SMILES string of the molecule is O=C(O)c1ccc(CNC(=O)c2cccc(Br)n2)cn1. The van der Waals surface area contributed by atoms with E-state index < -0.39 is 5.97 Å². The molecule has 0 spiro atoms. The largest absolute Gasteiger partial charge is 0.477 e. The Morgan fingerprint density at radius 3 is 2.60 bits per heavy atom. The number of aromatic nitrogens is 2. The predicted octanol–water partition coefficient (Wildman–Crippen LogP) is 1.87. The first-order valence-electron chi connectivity index (χ1n) is 5.65. The lowest BCUT2D eigenvalue weighted by Gasteiger charge is -2.05. The number of rotatable bonds is 4. The number of carboxylic acids is 1. The van der Waals surface area contributed by atoms with Crippen molar-refractivity contribution in [2.45, 2.75) is 6.54 Å². The highest BCUT2D eigenvalue weighted by atomic mass is 79.9. The summed E-state index contributed by atoms with van der Waals surface area (Å²) in [6, 6.07) is 8.04. The molecule has 0 aliphatic rings. The number of hydrogen-bond donors (Lipinski definition) is 2. The fraction of sp³-hybridized carbons (Fsp3) is 0.0769. The molecule has 0 atom stereocenters. The summed E-state index contributed by atoms with van der Waals surface area (Å²) in [5, 5.41) is 11.4. The van der Waals surface area contributed by atoms with Gasteiger partial charge in [-0.25, -0.2) is 14.8 Å². The second-order valence-corrected chi connectivity index (χ2v) is 4.70. The minimum Gasteiger partial charge on any atom is -0.477 e. The van der Waals surface area contributed by atoms with Crippen LogP contribution < -0.4 is 5.32 Å². The van der Waals surface area contributed by atoms with Crippen LogP contribution in [0, 0.1) is 0 Å². The summed E-state index contributed by atoms with van der Waals surface area (Å²) in [4.78, 5) is 30.3. The number of nitrogens with one attached hydrogen (secondary N) is 1. The minimum absolute atomic E-state index is 0.0336. The van der Waals surface area contributed by atoms with Gasteiger partial charge >= 0.3 is 5.97 Å². The normalized spacial score (nSPS) is 10.1. The molecule has 2 aromatic heterocycles. The Morgan fingerprint density at radius 1 is 1.20 bits per heavy atom. The van der Waals surface area contributed by atoms with Gasteiger partial charge in [0.15, 0.2) is 0 Å². The molecule has 102 valence electrons. The summed E-state index contributed by atoms with van der Waals surface area (Å²) in [6.07, 6.45) is 1.41. The van der Waals surface area contributed by atoms with E-state index in [2.05, 4.69) is 31.2 Å². The van der Waals surface area contributed by atoms with Gasteiger partial charge in [-0.3, -0.25) is 4.79 Å². The number of amides is 1. The van der Waals surface area contributed by atoms with Crippen molar-refractivity contribution in [3.63, 3.8) is 0 Å². The molecule has 7 heteroatoms. The van der Waals surface area contributed by atoms with E-state index in [0.717, 1.165) is 0 Å². The van der Waals surface area contributed by atoms with Gasteiger partial charge in [-0.2, -0.15) is 0 Å². The molecule has 0 bridgehead atoms. The number of nitrogens with zero attached hydrogens (tertiary/aromatic N) is 2. The van der Waals surface area contributed by atoms with E-state index >= 15 is 0 Å². The smallest absolute Gasteiger partial charge is 0.354 e. The van der Waals surface area contributed by atoms with Crippen LogP contribution in [0.1, 0.15) is 26.5 Å². The van der Waals surface area contributed by atoms with Crippen molar-refractivity contribution in [2.75, 3.05) is 0 Å². The number of halogens is 1. The molecule has 0 radical (unpaired) electrons. The summed E-state index contributed by atoms with van der Waals surface area (Å²) < 4.78 is 0.581. The number of carbonyl (C=O) groups excluding carboxylic acids is 1. The molecule has 0 saturated carbocycles. The first-order valence-corrected chi connectivity index (χ1v) is 6.44. The second-order valence-electron chi connectivity index (χ2n) is 3.89. The molecule has 2 heterocycles. The summed E-state index contributed by atoms with van der Waals surface area (Å²) in [6.45, 7) is 0.250. The number of carboxylic acid groups (broad SMARTS) is 1. The van der Waals surface area contributed by atoms with Gasteiger partial charge in [0.25, 0.3) is 5.91 Å². The average molecular weight is 336 g/mol. The van der Waals surface area contributed by atoms with Crippen molar-refractivity contribution in [3.05, 3.63) is 58.1 Å². The van der Waals surface area contributed by atoms with Crippen molar-refractivity contribution in [1.82, 2.24) is 15.3 Å². The van der Waals surface area contributed by atoms with E-state index in [0.29, 0.717) is 15.9 Å². The summed E-state index contributed by atoms with van der Waals surface area (Å²) >= 11 is 3.19. The van der Waals surface area contributed by atoms with E-state index in [1.807, 2.05) is 0 Å². The third kappa shape index (κ3) is 3.61. The van der Waals surface area contributed by atoms with E-state index in [4.69, 9.17) is 5.11 Å². The van der Waals surface area contributed by atoms with Crippen LogP contribution in [0.5, 0.6) is 0 Å². The molecule has 0 aromatic carbocycles. The van der Waals surface area contributed by atoms with E-state index in [1.54, 1.807) is 24.3 Å². The first kappa shape index (κ1) is 14.1. The summed E-state index contributed by atoms with van der Waals surface area (Å²) in [5.41, 5.74) is 0.974. The molecular formula is C13H10BrN3O3. The van der Waals surface area contributed by atoms with Gasteiger partial charge in [-0.15, -0.1) is 0 Å². The Hall–Kier alpha value is -2.28. The van der Waals surface area contributed by atoms with Gasteiger partial charge in [-0.1, -0.05) is 12.1 Å². The Balaban J connectivity index is 1.98. The highest BCUT2D eigenvalue weighted by Crippen LogP contribution is 2.06. The summed E-state index contributed by atoms with van der Waals surface area (Å²) in [7, 11) is 0. The number of carbonyl (C=O) groups is 2. The van der Waals surface area contributed by atoms with Crippen molar-refractivity contribution in [2.24, 2.45) is 0 Å². The highest BCUT2D eigenvalue weighted by molar-refractivity contribution is 9.10. The van der Waals surface area contributed by atoms with Crippen LogP contribution in [0.2, 0.25) is 0 Å². The fourth-order valence-corrected chi connectivity index (χ4v) is 1.81. The second kappa shape index (κ2) is 6.25. The van der Waals surface area contributed by atoms with Crippen molar-refractivity contribution >= 4 is 27.8 Å². The van der Waals surface area contributed by atoms with Crippen LogP contribution in [-0.2, 0) is 6.54 Å². The van der Waals surface area contributed by atoms with Crippen molar-refractivity contribution < 1.29 is 14.7 Å². The maximum Gasteiger partial charge on any atom is 0.354 e. The molecule has 0 unspecified atom stereocenters. The van der Waals surface area contributed by atoms with Crippen molar-refractivity contribution in [1.29, 1.82) is 0 Å². The van der Waals surface area contributed by atoms with Gasteiger partial charge < -0.3 is 10.4 Å². The molecule has 2 aromatic rings. The minimum atomic E-state index is -1.08. The van der Waals surface area contributed by atoms with Crippen LogP contribution >= 0.6 is 15.9 Å². The van der Waals surface area contributed by atoms with Gasteiger partial charge in [-0.05, 0) is 39.7 Å². The van der Waals surface area contributed by atoms with Crippen LogP contribution in [0.15, 0.2) is 41.1 Å². The van der Waals surface area contributed by atoms with Gasteiger partial charge in [0.05, 0.1) is 0 Å². The molecule has 6 nitrogen and oxygen atoms in total. The third-order valence-corrected chi connectivity index (χ3v) is 2.89. The molecule has 0 aliphatic heterocycles. The highest BCUT2D eigenvalue weighted by Gasteiger charge is 2.08. The maximum atomic E-state index is 11.8. The molecule has 0 fully saturated rings. The van der Waals surface area contributed by atoms with Crippen LogP contribution in [0.3, 0.4) is 0 Å². The summed E-state index contributed by atoms with van der Waals surface area (Å²) in [5.74, 6) is -1.40. The number of hydrogen-bond acceptors (Lipinski definition) is 4. The lowest BCUT2D eigenvalue weighted by atomic mass is 10.2. The quantitative estimate of drug-likeness (QED) is 0.832. The monoisotopic (exact) mass is 335 g/mol. The molecular weight excluding hydrogens is 326 g/mol. The van der Waals surface area contributed by atoms with E-state index in [-0.39, 0.29) is 18.1 Å². The lowest BCUT2D eigenvalue weighted by Crippen LogP contribution is -2.23. The molecule has 2 N–H and O–H groups in total. The zero-order valence-electron chi connectivity index (χ0n) is 10.2. The zero-order chi connectivity index (χ0) is 14.5. The Labute approximate surface area is 123 Å². The Kier molecular flexibility index (Phi) is 4.41. The Bertz CT molecular complexity index is 644. The van der Waals surface area contributed by atoms with Crippen LogP contribution in [-0.4, -0.2) is 27.0 Å². The number of aromatic carboxylic acids is 1. The molecule has 2 rings (SSSR count). The van der Waals surface area contributed by atoms with Gasteiger partial charge in [0.2, 0.25) is 0 Å². The van der Waals surface area contributed by atoms with E-state index in [9.17, 15) is 9.59 Å². The fourth-order valence-electron chi connectivity index (χ4n) is 1.46. The Morgan fingerprint density at radius 2 is 2.00 bits per heavy atom. The lowest BCUT2D eigenvalue weighted by molar-refractivity contribution is 0.0690.